The molecule has 0 bridgehead atoms. The van der Waals surface area contributed by atoms with Crippen LogP contribution in [0, 0.1) is 0 Å². The molecule has 3 aromatic carbocycles. The fourth-order valence-electron chi connectivity index (χ4n) is 5.73. The highest BCUT2D eigenvalue weighted by Gasteiger charge is 2.40. The quantitative estimate of drug-likeness (QED) is 0.179. The third-order valence-electron chi connectivity index (χ3n) is 8.25. The maximum atomic E-state index is 14.0. The molecule has 1 aliphatic heterocycles. The zero-order valence-corrected chi connectivity index (χ0v) is 26.0. The third kappa shape index (κ3) is 9.15. The lowest BCUT2D eigenvalue weighted by molar-refractivity contribution is -0.147. The molecule has 11 heteroatoms. The van der Waals surface area contributed by atoms with E-state index in [0.717, 1.165) is 16.7 Å². The summed E-state index contributed by atoms with van der Waals surface area (Å²) in [6.45, 7) is 0.152. The first kappa shape index (κ1) is 34.1. The SMILES string of the molecule is CN(C(=O)[C@@H]1CCCN1C(=O)[C@@H](N)Cc1ccc(O)cc1)[C@@H](Cc1ccccc1)C(=O)N[C@@H](Cc1ccccc1)C(=O)NCCO. The number of nitrogens with zero attached hydrogens (tertiary/aromatic N) is 2. The molecule has 4 atom stereocenters. The number of aliphatic hydroxyl groups excluding tert-OH is 1. The molecule has 6 N–H and O–H groups in total. The van der Waals surface area contributed by atoms with Gasteiger partial charge in [-0.1, -0.05) is 72.8 Å². The van der Waals surface area contributed by atoms with Gasteiger partial charge in [0.2, 0.25) is 23.6 Å². The molecule has 0 unspecified atom stereocenters. The van der Waals surface area contributed by atoms with E-state index in [4.69, 9.17) is 5.73 Å². The van der Waals surface area contributed by atoms with Crippen LogP contribution in [-0.2, 0) is 38.4 Å². The number of amides is 4. The molecule has 244 valence electrons. The van der Waals surface area contributed by atoms with E-state index in [-0.39, 0.29) is 50.0 Å². The Morgan fingerprint density at radius 2 is 1.46 bits per heavy atom. The van der Waals surface area contributed by atoms with Crippen LogP contribution in [-0.4, -0.2) is 94.6 Å². The molecule has 0 aliphatic carbocycles. The Balaban J connectivity index is 1.53. The molecule has 4 rings (SSSR count). The third-order valence-corrected chi connectivity index (χ3v) is 8.25. The molecule has 4 amide bonds. The van der Waals surface area contributed by atoms with E-state index in [1.54, 1.807) is 19.2 Å². The van der Waals surface area contributed by atoms with Crippen molar-refractivity contribution in [2.75, 3.05) is 26.7 Å². The minimum atomic E-state index is -0.984. The Bertz CT molecular complexity index is 1450. The average Bonchev–Trinajstić information content (AvgIpc) is 3.56. The fraction of sp³-hybridized carbons (Fsp3) is 0.371. The average molecular weight is 630 g/mol. The van der Waals surface area contributed by atoms with Crippen molar-refractivity contribution in [1.29, 1.82) is 0 Å². The lowest BCUT2D eigenvalue weighted by atomic mass is 10.0. The predicted molar refractivity (Wildman–Crippen MR) is 173 cm³/mol. The highest BCUT2D eigenvalue weighted by atomic mass is 16.3. The first-order valence-electron chi connectivity index (χ1n) is 15.6. The Kier molecular flexibility index (Phi) is 12.3. The number of phenolic OH excluding ortho intramolecular Hbond substituents is 1. The Labute approximate surface area is 269 Å². The normalized spacial score (nSPS) is 16.2. The molecule has 3 aromatic rings. The minimum Gasteiger partial charge on any atom is -0.508 e. The topological polar surface area (TPSA) is 165 Å². The summed E-state index contributed by atoms with van der Waals surface area (Å²) in [6.07, 6.45) is 1.69. The van der Waals surface area contributed by atoms with Gasteiger partial charge in [0.15, 0.2) is 0 Å². The molecule has 1 saturated heterocycles. The Hall–Kier alpha value is -4.74. The zero-order valence-electron chi connectivity index (χ0n) is 26.0. The lowest BCUT2D eigenvalue weighted by Gasteiger charge is -2.34. The second-order valence-corrected chi connectivity index (χ2v) is 11.6. The smallest absolute Gasteiger partial charge is 0.245 e. The number of carbonyl (C=O) groups is 4. The molecule has 1 fully saturated rings. The molecule has 0 aromatic heterocycles. The number of carbonyl (C=O) groups excluding carboxylic acids is 4. The number of likely N-dealkylation sites (N-methyl/N-ethyl adjacent to an activating group) is 1. The maximum Gasteiger partial charge on any atom is 0.245 e. The van der Waals surface area contributed by atoms with Crippen molar-refractivity contribution in [3.8, 4) is 5.75 Å². The van der Waals surface area contributed by atoms with E-state index in [2.05, 4.69) is 10.6 Å². The summed E-state index contributed by atoms with van der Waals surface area (Å²) in [7, 11) is 1.55. The maximum absolute atomic E-state index is 14.0. The van der Waals surface area contributed by atoms with Gasteiger partial charge < -0.3 is 36.4 Å². The molecule has 0 spiro atoms. The van der Waals surface area contributed by atoms with Gasteiger partial charge in [-0.3, -0.25) is 19.2 Å². The van der Waals surface area contributed by atoms with Crippen LogP contribution in [0.2, 0.25) is 0 Å². The van der Waals surface area contributed by atoms with Crippen molar-refractivity contribution in [1.82, 2.24) is 20.4 Å². The van der Waals surface area contributed by atoms with Gasteiger partial charge in [0.05, 0.1) is 12.6 Å². The number of nitrogens with two attached hydrogens (primary N) is 1. The van der Waals surface area contributed by atoms with Crippen LogP contribution in [0.1, 0.15) is 29.5 Å². The second kappa shape index (κ2) is 16.5. The second-order valence-electron chi connectivity index (χ2n) is 11.6. The van der Waals surface area contributed by atoms with Gasteiger partial charge in [0.25, 0.3) is 0 Å². The number of phenols is 1. The van der Waals surface area contributed by atoms with Crippen LogP contribution in [0.4, 0.5) is 0 Å². The van der Waals surface area contributed by atoms with Crippen molar-refractivity contribution in [2.24, 2.45) is 5.73 Å². The largest absolute Gasteiger partial charge is 0.508 e. The van der Waals surface area contributed by atoms with E-state index in [9.17, 15) is 29.4 Å². The van der Waals surface area contributed by atoms with Gasteiger partial charge in [-0.05, 0) is 48.1 Å². The number of hydrogen-bond donors (Lipinski definition) is 5. The molecule has 1 heterocycles. The van der Waals surface area contributed by atoms with Gasteiger partial charge in [-0.25, -0.2) is 0 Å². The summed E-state index contributed by atoms with van der Waals surface area (Å²) in [6, 6.07) is 21.4. The highest BCUT2D eigenvalue weighted by molar-refractivity contribution is 5.95. The van der Waals surface area contributed by atoms with Crippen molar-refractivity contribution < 1.29 is 29.4 Å². The van der Waals surface area contributed by atoms with Crippen molar-refractivity contribution in [3.05, 3.63) is 102 Å². The van der Waals surface area contributed by atoms with E-state index in [0.29, 0.717) is 19.4 Å². The summed E-state index contributed by atoms with van der Waals surface area (Å²) in [5.74, 6) is -1.59. The standard InChI is InChI=1S/C35H43N5O6/c1-39(35(46)30-13-8-19-40(30)34(45)28(36)21-26-14-16-27(42)17-15-26)31(23-25-11-6-3-7-12-25)33(44)38-29(32(43)37-18-20-41)22-24-9-4-2-5-10-24/h2-7,9-12,14-17,28-31,41-42H,8,13,18-23,36H2,1H3,(H,37,43)(H,38,44)/t28-,29-,30-,31-/m0/s1. The molecule has 46 heavy (non-hydrogen) atoms. The van der Waals surface area contributed by atoms with Crippen molar-refractivity contribution in [2.45, 2.75) is 56.3 Å². The molecular weight excluding hydrogens is 586 g/mol. The van der Waals surface area contributed by atoms with Crippen molar-refractivity contribution in [3.63, 3.8) is 0 Å². The molecule has 1 aliphatic rings. The number of nitrogens with one attached hydrogen (secondary N) is 2. The number of aliphatic hydroxyl groups is 1. The number of benzene rings is 3. The molecule has 0 saturated carbocycles. The van der Waals surface area contributed by atoms with Crippen LogP contribution in [0.15, 0.2) is 84.9 Å². The molecule has 11 nitrogen and oxygen atoms in total. The summed E-state index contributed by atoms with van der Waals surface area (Å²) in [5.41, 5.74) is 8.74. The fourth-order valence-corrected chi connectivity index (χ4v) is 5.73. The van der Waals surface area contributed by atoms with Gasteiger partial charge in [-0.2, -0.15) is 0 Å². The molecular formula is C35H43N5O6. The summed E-state index contributed by atoms with van der Waals surface area (Å²) in [4.78, 5) is 57.4. The highest BCUT2D eigenvalue weighted by Crippen LogP contribution is 2.23. The monoisotopic (exact) mass is 629 g/mol. The van der Waals surface area contributed by atoms with Crippen LogP contribution in [0.5, 0.6) is 5.75 Å². The van der Waals surface area contributed by atoms with Gasteiger partial charge >= 0.3 is 0 Å². The minimum absolute atomic E-state index is 0.0340. The first-order valence-corrected chi connectivity index (χ1v) is 15.6. The Morgan fingerprint density at radius 1 is 0.870 bits per heavy atom. The number of hydrogen-bond acceptors (Lipinski definition) is 7. The molecule has 0 radical (unpaired) electrons. The van der Waals surface area contributed by atoms with Crippen LogP contribution in [0.25, 0.3) is 0 Å². The van der Waals surface area contributed by atoms with Gasteiger partial charge in [0.1, 0.15) is 23.9 Å². The van der Waals surface area contributed by atoms with Crippen LogP contribution >= 0.6 is 0 Å². The van der Waals surface area contributed by atoms with E-state index in [1.807, 2.05) is 60.7 Å². The number of aromatic hydroxyl groups is 1. The zero-order chi connectivity index (χ0) is 33.1. The van der Waals surface area contributed by atoms with Crippen LogP contribution < -0.4 is 16.4 Å². The summed E-state index contributed by atoms with van der Waals surface area (Å²) < 4.78 is 0. The van der Waals surface area contributed by atoms with E-state index >= 15 is 0 Å². The van der Waals surface area contributed by atoms with E-state index in [1.165, 1.54) is 21.9 Å². The van der Waals surface area contributed by atoms with Crippen molar-refractivity contribution >= 4 is 23.6 Å². The van der Waals surface area contributed by atoms with Crippen LogP contribution in [0.3, 0.4) is 0 Å². The van der Waals surface area contributed by atoms with Gasteiger partial charge in [-0.15, -0.1) is 0 Å². The number of likely N-dealkylation sites (tertiary alicyclic amines) is 1. The van der Waals surface area contributed by atoms with E-state index < -0.39 is 36.0 Å². The summed E-state index contributed by atoms with van der Waals surface area (Å²) in [5, 5.41) is 24.3. The predicted octanol–water partition coefficient (Wildman–Crippen LogP) is 1.16. The summed E-state index contributed by atoms with van der Waals surface area (Å²) >= 11 is 0. The number of rotatable bonds is 14. The lowest BCUT2D eigenvalue weighted by Crippen LogP contribution is -2.58. The van der Waals surface area contributed by atoms with Gasteiger partial charge in [0, 0.05) is 33.0 Å². The first-order chi connectivity index (χ1) is 22.2. The Morgan fingerprint density at radius 3 is 2.07 bits per heavy atom.